The van der Waals surface area contributed by atoms with Gasteiger partial charge in [-0.3, -0.25) is 4.90 Å². The molecule has 0 aliphatic carbocycles. The third kappa shape index (κ3) is 5.23. The predicted octanol–water partition coefficient (Wildman–Crippen LogP) is 3.07. The van der Waals surface area contributed by atoms with Crippen LogP contribution in [0.5, 0.6) is 5.75 Å². The summed E-state index contributed by atoms with van der Waals surface area (Å²) in [5, 5.41) is 3.04. The Labute approximate surface area is 161 Å². The molecule has 0 spiro atoms. The third-order valence-electron chi connectivity index (χ3n) is 5.18. The van der Waals surface area contributed by atoms with E-state index in [2.05, 4.69) is 41.4 Å². The van der Waals surface area contributed by atoms with Gasteiger partial charge in [-0.25, -0.2) is 4.79 Å². The minimum absolute atomic E-state index is 0.0282. The maximum Gasteiger partial charge on any atom is 0.317 e. The number of methoxy groups -OCH3 is 1. The van der Waals surface area contributed by atoms with E-state index in [1.54, 1.807) is 7.11 Å². The molecule has 1 saturated heterocycles. The number of nitrogens with zero attached hydrogens (tertiary/aromatic N) is 2. The maximum atomic E-state index is 12.4. The van der Waals surface area contributed by atoms with E-state index in [4.69, 9.17) is 4.74 Å². The van der Waals surface area contributed by atoms with Crippen molar-refractivity contribution in [3.8, 4) is 5.75 Å². The lowest BCUT2D eigenvalue weighted by Crippen LogP contribution is -2.51. The summed E-state index contributed by atoms with van der Waals surface area (Å²) in [6, 6.07) is 16.5. The van der Waals surface area contributed by atoms with E-state index in [9.17, 15) is 4.79 Å². The van der Waals surface area contributed by atoms with Crippen molar-refractivity contribution in [3.63, 3.8) is 0 Å². The van der Waals surface area contributed by atoms with E-state index < -0.39 is 0 Å². The number of rotatable bonds is 6. The molecule has 1 N–H and O–H groups in total. The molecule has 1 fully saturated rings. The number of aryl methyl sites for hydroxylation is 1. The van der Waals surface area contributed by atoms with E-state index >= 15 is 0 Å². The molecule has 2 amide bonds. The van der Waals surface area contributed by atoms with Gasteiger partial charge in [0.1, 0.15) is 5.75 Å². The third-order valence-corrected chi connectivity index (χ3v) is 5.18. The number of carbonyl (C=O) groups is 1. The molecule has 1 aliphatic heterocycles. The van der Waals surface area contributed by atoms with Crippen LogP contribution in [-0.4, -0.2) is 55.7 Å². The van der Waals surface area contributed by atoms with Gasteiger partial charge in [0.05, 0.1) is 7.11 Å². The molecule has 0 radical (unpaired) electrons. The van der Waals surface area contributed by atoms with Crippen molar-refractivity contribution in [3.05, 3.63) is 65.2 Å². The highest BCUT2D eigenvalue weighted by molar-refractivity contribution is 5.74. The molecule has 0 saturated carbocycles. The SMILES string of the molecule is COc1ccccc1CCNC(=O)N1CCN(Cc2ccccc2C)CC1. The predicted molar refractivity (Wildman–Crippen MR) is 108 cm³/mol. The average molecular weight is 367 g/mol. The standard InChI is InChI=1S/C22H29N3O2/c1-18-7-3-4-9-20(18)17-24-13-15-25(16-14-24)22(26)23-12-11-19-8-5-6-10-21(19)27-2/h3-10H,11-17H2,1-2H3,(H,23,26). The first-order chi connectivity index (χ1) is 13.2. The summed E-state index contributed by atoms with van der Waals surface area (Å²) in [7, 11) is 1.67. The van der Waals surface area contributed by atoms with Gasteiger partial charge in [-0.15, -0.1) is 0 Å². The molecule has 144 valence electrons. The second-order valence-corrected chi connectivity index (χ2v) is 6.98. The number of piperazine rings is 1. The van der Waals surface area contributed by atoms with Gasteiger partial charge in [-0.05, 0) is 36.1 Å². The van der Waals surface area contributed by atoms with Crippen molar-refractivity contribution >= 4 is 6.03 Å². The van der Waals surface area contributed by atoms with Crippen LogP contribution in [0.4, 0.5) is 4.79 Å². The lowest BCUT2D eigenvalue weighted by Gasteiger charge is -2.35. The topological polar surface area (TPSA) is 44.8 Å². The van der Waals surface area contributed by atoms with Crippen molar-refractivity contribution in [1.29, 1.82) is 0 Å². The molecular weight excluding hydrogens is 338 g/mol. The highest BCUT2D eigenvalue weighted by Crippen LogP contribution is 2.17. The van der Waals surface area contributed by atoms with Gasteiger partial charge < -0.3 is 15.0 Å². The summed E-state index contributed by atoms with van der Waals surface area (Å²) in [4.78, 5) is 16.8. The summed E-state index contributed by atoms with van der Waals surface area (Å²) in [5.74, 6) is 0.872. The van der Waals surface area contributed by atoms with Crippen molar-refractivity contribution in [1.82, 2.24) is 15.1 Å². The fraction of sp³-hybridized carbons (Fsp3) is 0.409. The van der Waals surface area contributed by atoms with Crippen LogP contribution in [0, 0.1) is 6.92 Å². The van der Waals surface area contributed by atoms with Crippen molar-refractivity contribution in [2.45, 2.75) is 19.9 Å². The van der Waals surface area contributed by atoms with E-state index in [1.165, 1.54) is 11.1 Å². The molecule has 5 heteroatoms. The number of para-hydroxylation sites is 1. The first kappa shape index (κ1) is 19.2. The fourth-order valence-electron chi connectivity index (χ4n) is 3.46. The number of hydrogen-bond donors (Lipinski definition) is 1. The van der Waals surface area contributed by atoms with Gasteiger partial charge in [0, 0.05) is 39.3 Å². The van der Waals surface area contributed by atoms with E-state index in [0.717, 1.165) is 50.5 Å². The Morgan fingerprint density at radius 2 is 1.67 bits per heavy atom. The summed E-state index contributed by atoms with van der Waals surface area (Å²) < 4.78 is 5.36. The van der Waals surface area contributed by atoms with Crippen molar-refractivity contribution in [2.75, 3.05) is 39.8 Å². The smallest absolute Gasteiger partial charge is 0.317 e. The lowest BCUT2D eigenvalue weighted by atomic mass is 10.1. The van der Waals surface area contributed by atoms with Crippen LogP contribution < -0.4 is 10.1 Å². The van der Waals surface area contributed by atoms with E-state index in [0.29, 0.717) is 6.54 Å². The Balaban J connectivity index is 1.41. The normalized spacial score (nSPS) is 14.8. The molecule has 2 aromatic carbocycles. The van der Waals surface area contributed by atoms with E-state index in [-0.39, 0.29) is 6.03 Å². The minimum atomic E-state index is 0.0282. The lowest BCUT2D eigenvalue weighted by molar-refractivity contribution is 0.135. The van der Waals surface area contributed by atoms with Gasteiger partial charge in [0.15, 0.2) is 0 Å². The summed E-state index contributed by atoms with van der Waals surface area (Å²) >= 11 is 0. The van der Waals surface area contributed by atoms with Crippen LogP contribution in [0.2, 0.25) is 0 Å². The molecule has 0 aromatic heterocycles. The molecule has 1 aliphatic rings. The Kier molecular flexibility index (Phi) is 6.71. The Bertz CT molecular complexity index is 755. The number of hydrogen-bond acceptors (Lipinski definition) is 3. The summed E-state index contributed by atoms with van der Waals surface area (Å²) in [6.07, 6.45) is 0.767. The Morgan fingerprint density at radius 3 is 2.37 bits per heavy atom. The number of carbonyl (C=O) groups excluding carboxylic acids is 1. The maximum absolute atomic E-state index is 12.4. The molecule has 27 heavy (non-hydrogen) atoms. The number of urea groups is 1. The summed E-state index contributed by atoms with van der Waals surface area (Å²) in [5.41, 5.74) is 3.81. The average Bonchev–Trinajstić information content (AvgIpc) is 2.70. The zero-order valence-electron chi connectivity index (χ0n) is 16.3. The van der Waals surface area contributed by atoms with Crippen LogP contribution in [0.15, 0.2) is 48.5 Å². The van der Waals surface area contributed by atoms with Gasteiger partial charge in [0.25, 0.3) is 0 Å². The number of amides is 2. The minimum Gasteiger partial charge on any atom is -0.496 e. The largest absolute Gasteiger partial charge is 0.496 e. The monoisotopic (exact) mass is 367 g/mol. The zero-order chi connectivity index (χ0) is 19.1. The van der Waals surface area contributed by atoms with Crippen molar-refractivity contribution < 1.29 is 9.53 Å². The first-order valence-corrected chi connectivity index (χ1v) is 9.59. The fourth-order valence-corrected chi connectivity index (χ4v) is 3.46. The van der Waals surface area contributed by atoms with Crippen LogP contribution in [0.25, 0.3) is 0 Å². The quantitative estimate of drug-likeness (QED) is 0.853. The molecule has 0 unspecified atom stereocenters. The van der Waals surface area contributed by atoms with Crippen LogP contribution in [0.3, 0.4) is 0 Å². The molecular formula is C22H29N3O2. The molecule has 1 heterocycles. The zero-order valence-corrected chi connectivity index (χ0v) is 16.3. The van der Waals surface area contributed by atoms with Gasteiger partial charge >= 0.3 is 6.03 Å². The second-order valence-electron chi connectivity index (χ2n) is 6.98. The molecule has 2 aromatic rings. The molecule has 3 rings (SSSR count). The van der Waals surface area contributed by atoms with E-state index in [1.807, 2.05) is 29.2 Å². The number of benzene rings is 2. The van der Waals surface area contributed by atoms with Gasteiger partial charge in [-0.2, -0.15) is 0 Å². The van der Waals surface area contributed by atoms with Crippen molar-refractivity contribution in [2.24, 2.45) is 0 Å². The number of nitrogens with one attached hydrogen (secondary N) is 1. The van der Waals surface area contributed by atoms with Gasteiger partial charge in [-0.1, -0.05) is 42.5 Å². The van der Waals surface area contributed by atoms with Gasteiger partial charge in [0.2, 0.25) is 0 Å². The highest BCUT2D eigenvalue weighted by atomic mass is 16.5. The van der Waals surface area contributed by atoms with Crippen LogP contribution in [0.1, 0.15) is 16.7 Å². The Hall–Kier alpha value is -2.53. The highest BCUT2D eigenvalue weighted by Gasteiger charge is 2.21. The Morgan fingerprint density at radius 1 is 1.00 bits per heavy atom. The van der Waals surface area contributed by atoms with Crippen LogP contribution in [-0.2, 0) is 13.0 Å². The van der Waals surface area contributed by atoms with Crippen LogP contribution >= 0.6 is 0 Å². The molecule has 0 atom stereocenters. The molecule has 5 nitrogen and oxygen atoms in total. The first-order valence-electron chi connectivity index (χ1n) is 9.59. The molecule has 0 bridgehead atoms. The second kappa shape index (κ2) is 9.42. The number of ether oxygens (including phenoxy) is 1. The summed E-state index contributed by atoms with van der Waals surface area (Å²) in [6.45, 7) is 7.08.